The second-order valence-corrected chi connectivity index (χ2v) is 13.5. The van der Waals surface area contributed by atoms with Crippen molar-refractivity contribution in [1.82, 2.24) is 0 Å². The fraction of sp³-hybridized carbons (Fsp3) is 0.0222. The van der Waals surface area contributed by atoms with Crippen LogP contribution in [0.5, 0.6) is 0 Å². The van der Waals surface area contributed by atoms with E-state index in [1.165, 1.54) is 87.0 Å². The summed E-state index contributed by atoms with van der Waals surface area (Å²) in [5, 5.41) is 5.21. The van der Waals surface area contributed by atoms with E-state index in [1.54, 1.807) is 0 Å². The first kappa shape index (κ1) is 25.9. The molecule has 1 heteroatoms. The normalized spacial score (nSPS) is 15.8. The van der Waals surface area contributed by atoms with Crippen LogP contribution in [0.4, 0.5) is 0 Å². The molecule has 8 aromatic carbocycles. The zero-order chi connectivity index (χ0) is 30.2. The van der Waals surface area contributed by atoms with Gasteiger partial charge in [0.2, 0.25) is 0 Å². The molecule has 0 N–H and O–H groups in total. The van der Waals surface area contributed by atoms with Gasteiger partial charge in [0.15, 0.2) is 0 Å². The van der Waals surface area contributed by atoms with Crippen LogP contribution in [0.2, 0.25) is 0 Å². The zero-order valence-corrected chi connectivity index (χ0v) is 25.9. The molecule has 1 aliphatic heterocycles. The molecule has 1 heterocycles. The Balaban J connectivity index is 1.33. The van der Waals surface area contributed by atoms with Gasteiger partial charge >= 0.3 is 0 Å². The third-order valence-corrected chi connectivity index (χ3v) is 11.2. The molecule has 0 spiro atoms. The van der Waals surface area contributed by atoms with E-state index >= 15 is 0 Å². The molecule has 0 nitrogen and oxygen atoms in total. The van der Waals surface area contributed by atoms with Gasteiger partial charge in [-0.3, -0.25) is 0 Å². The topological polar surface area (TPSA) is 0 Å². The fourth-order valence-electron chi connectivity index (χ4n) is 8.31. The third-order valence-electron chi connectivity index (χ3n) is 10.1. The number of hydrogen-bond acceptors (Lipinski definition) is 1. The Hall–Kier alpha value is -5.37. The SMILES string of the molecule is c1ccc(C2(c3ccccc3-c3cc4c5c(cccc5c3)-c3ccccc3S4)c3ccccc3-c3ccc4ccccc4c32)cc1. The molecule has 1 atom stereocenters. The average Bonchev–Trinajstić information content (AvgIpc) is 3.43. The number of rotatable bonds is 3. The zero-order valence-electron chi connectivity index (χ0n) is 25.1. The standard InChI is InChI=1S/C45H28S/c1-2-15-32(16-3-1)45(40-23-10-7-19-35(40)38-26-25-29-13-4-5-18-34(29)44(38)45)39-22-9-6-17-33(39)31-27-30-14-12-21-37-36-20-8-11-24-41(36)46-42(28-31)43(30)37/h1-28H. The van der Waals surface area contributed by atoms with Crippen LogP contribution in [0.15, 0.2) is 180 Å². The minimum Gasteiger partial charge on any atom is -0.0888 e. The molecule has 8 aromatic rings. The summed E-state index contributed by atoms with van der Waals surface area (Å²) in [4.78, 5) is 2.64. The Morgan fingerprint density at radius 1 is 0.391 bits per heavy atom. The molecule has 46 heavy (non-hydrogen) atoms. The first-order valence-electron chi connectivity index (χ1n) is 15.9. The minimum atomic E-state index is -0.502. The lowest BCUT2D eigenvalue weighted by molar-refractivity contribution is 0.777. The summed E-state index contributed by atoms with van der Waals surface area (Å²) >= 11 is 1.90. The lowest BCUT2D eigenvalue weighted by Gasteiger charge is -2.36. The summed E-state index contributed by atoms with van der Waals surface area (Å²) < 4.78 is 0. The van der Waals surface area contributed by atoms with Crippen molar-refractivity contribution in [2.45, 2.75) is 15.2 Å². The summed E-state index contributed by atoms with van der Waals surface area (Å²) in [6.45, 7) is 0. The highest BCUT2D eigenvalue weighted by atomic mass is 32.2. The summed E-state index contributed by atoms with van der Waals surface area (Å²) in [5.74, 6) is 0. The molecule has 0 aromatic heterocycles. The van der Waals surface area contributed by atoms with Crippen molar-refractivity contribution in [3.8, 4) is 33.4 Å². The second kappa shape index (κ2) is 9.81. The van der Waals surface area contributed by atoms with Gasteiger partial charge in [0, 0.05) is 15.2 Å². The molecular formula is C45H28S. The molecule has 0 saturated carbocycles. The molecule has 0 amide bonds. The molecular weight excluding hydrogens is 573 g/mol. The van der Waals surface area contributed by atoms with Gasteiger partial charge in [0.25, 0.3) is 0 Å². The molecule has 0 fully saturated rings. The number of fused-ring (bicyclic) bond motifs is 7. The maximum Gasteiger partial charge on any atom is 0.0725 e. The van der Waals surface area contributed by atoms with E-state index in [0.717, 1.165) is 0 Å². The van der Waals surface area contributed by atoms with Crippen molar-refractivity contribution in [1.29, 1.82) is 0 Å². The fourth-order valence-corrected chi connectivity index (χ4v) is 9.50. The van der Waals surface area contributed by atoms with Gasteiger partial charge in [-0.2, -0.15) is 0 Å². The predicted octanol–water partition coefficient (Wildman–Crippen LogP) is 12.2. The maximum atomic E-state index is 2.44. The lowest BCUT2D eigenvalue weighted by atomic mass is 9.65. The molecule has 214 valence electrons. The maximum absolute atomic E-state index is 2.44. The number of hydrogen-bond donors (Lipinski definition) is 0. The van der Waals surface area contributed by atoms with Crippen LogP contribution < -0.4 is 0 Å². The van der Waals surface area contributed by atoms with E-state index in [-0.39, 0.29) is 0 Å². The Bertz CT molecular complexity index is 2510. The monoisotopic (exact) mass is 600 g/mol. The van der Waals surface area contributed by atoms with Gasteiger partial charge in [-0.1, -0.05) is 163 Å². The van der Waals surface area contributed by atoms with E-state index in [0.29, 0.717) is 0 Å². The molecule has 0 radical (unpaired) electrons. The highest BCUT2D eigenvalue weighted by Gasteiger charge is 2.48. The van der Waals surface area contributed by atoms with Crippen LogP contribution in [-0.4, -0.2) is 0 Å². The average molecular weight is 601 g/mol. The third kappa shape index (κ3) is 3.47. The lowest BCUT2D eigenvalue weighted by Crippen LogP contribution is -2.29. The molecule has 0 bridgehead atoms. The minimum absolute atomic E-state index is 0.502. The predicted molar refractivity (Wildman–Crippen MR) is 194 cm³/mol. The molecule has 1 unspecified atom stereocenters. The van der Waals surface area contributed by atoms with E-state index in [2.05, 4.69) is 170 Å². The van der Waals surface area contributed by atoms with Crippen molar-refractivity contribution in [3.63, 3.8) is 0 Å². The Labute approximate surface area is 273 Å². The van der Waals surface area contributed by atoms with Crippen LogP contribution in [-0.2, 0) is 5.41 Å². The van der Waals surface area contributed by atoms with Crippen LogP contribution in [0, 0.1) is 0 Å². The Kier molecular flexibility index (Phi) is 5.53. The van der Waals surface area contributed by atoms with Crippen LogP contribution in [0.1, 0.15) is 22.3 Å². The van der Waals surface area contributed by atoms with Crippen molar-refractivity contribution < 1.29 is 0 Å². The van der Waals surface area contributed by atoms with E-state index in [4.69, 9.17) is 0 Å². The van der Waals surface area contributed by atoms with Gasteiger partial charge in [-0.05, 0) is 90.0 Å². The molecule has 1 aliphatic carbocycles. The van der Waals surface area contributed by atoms with Crippen molar-refractivity contribution in [3.05, 3.63) is 192 Å². The number of benzene rings is 8. The first-order chi connectivity index (χ1) is 22.8. The van der Waals surface area contributed by atoms with Gasteiger partial charge in [0.1, 0.15) is 0 Å². The molecule has 10 rings (SSSR count). The summed E-state index contributed by atoms with van der Waals surface area (Å²) in [6, 6.07) is 63.4. The van der Waals surface area contributed by atoms with Gasteiger partial charge in [-0.15, -0.1) is 0 Å². The van der Waals surface area contributed by atoms with E-state index in [9.17, 15) is 0 Å². The highest BCUT2D eigenvalue weighted by Crippen LogP contribution is 2.60. The van der Waals surface area contributed by atoms with Crippen molar-refractivity contribution in [2.75, 3.05) is 0 Å². The van der Waals surface area contributed by atoms with E-state index < -0.39 is 5.41 Å². The van der Waals surface area contributed by atoms with Crippen LogP contribution in [0.3, 0.4) is 0 Å². The van der Waals surface area contributed by atoms with Crippen molar-refractivity contribution in [2.24, 2.45) is 0 Å². The smallest absolute Gasteiger partial charge is 0.0725 e. The Morgan fingerprint density at radius 2 is 1.04 bits per heavy atom. The van der Waals surface area contributed by atoms with Gasteiger partial charge in [-0.25, -0.2) is 0 Å². The Morgan fingerprint density at radius 3 is 1.91 bits per heavy atom. The van der Waals surface area contributed by atoms with Gasteiger partial charge in [0.05, 0.1) is 5.41 Å². The van der Waals surface area contributed by atoms with Crippen LogP contribution in [0.25, 0.3) is 54.9 Å². The summed E-state index contributed by atoms with van der Waals surface area (Å²) in [6.07, 6.45) is 0. The van der Waals surface area contributed by atoms with E-state index in [1.807, 2.05) is 11.8 Å². The largest absolute Gasteiger partial charge is 0.0888 e. The van der Waals surface area contributed by atoms with Crippen molar-refractivity contribution >= 4 is 33.3 Å². The van der Waals surface area contributed by atoms with Gasteiger partial charge < -0.3 is 0 Å². The second-order valence-electron chi connectivity index (χ2n) is 12.4. The summed E-state index contributed by atoms with van der Waals surface area (Å²) in [5.41, 5.74) is 12.6. The van der Waals surface area contributed by atoms with Crippen LogP contribution >= 0.6 is 11.8 Å². The quantitative estimate of drug-likeness (QED) is 0.194. The summed E-state index contributed by atoms with van der Waals surface area (Å²) in [7, 11) is 0. The first-order valence-corrected chi connectivity index (χ1v) is 16.8. The highest BCUT2D eigenvalue weighted by molar-refractivity contribution is 7.99. The molecule has 0 saturated heterocycles. The molecule has 2 aliphatic rings.